The molecule has 6 nitrogen and oxygen atoms in total. The first-order chi connectivity index (χ1) is 10.9. The van der Waals surface area contributed by atoms with Crippen molar-refractivity contribution in [3.05, 3.63) is 35.7 Å². The lowest BCUT2D eigenvalue weighted by atomic mass is 10.2. The Kier molecular flexibility index (Phi) is 10.1. The average molecular weight is 321 g/mol. The van der Waals surface area contributed by atoms with E-state index in [0.29, 0.717) is 5.69 Å². The van der Waals surface area contributed by atoms with Gasteiger partial charge in [0.05, 0.1) is 17.6 Å². The van der Waals surface area contributed by atoms with Crippen LogP contribution >= 0.6 is 0 Å². The lowest BCUT2D eigenvalue weighted by molar-refractivity contribution is 0.0693. The second kappa shape index (κ2) is 11.2. The van der Waals surface area contributed by atoms with E-state index in [1.807, 2.05) is 6.92 Å². The minimum Gasteiger partial charge on any atom is -0.507 e. The third kappa shape index (κ3) is 6.95. The Morgan fingerprint density at radius 3 is 2.13 bits per heavy atom. The molecule has 6 heteroatoms. The number of aromatic carboxylic acids is 1. The number of phenols is 1. The molecule has 0 bridgehead atoms. The van der Waals surface area contributed by atoms with Gasteiger partial charge in [0.25, 0.3) is 0 Å². The molecular formula is C17H27N3O3. The molecule has 23 heavy (non-hydrogen) atoms. The maximum atomic E-state index is 10.9. The fraction of sp³-hybridized carbons (Fsp3) is 0.471. The molecule has 0 saturated heterocycles. The second-order valence-corrected chi connectivity index (χ2v) is 4.93. The van der Waals surface area contributed by atoms with E-state index < -0.39 is 5.97 Å². The van der Waals surface area contributed by atoms with Crippen LogP contribution in [0.4, 0.5) is 0 Å². The molecular weight excluding hydrogens is 294 g/mol. The smallest absolute Gasteiger partial charge is 0.339 e. The molecule has 0 fully saturated rings. The molecule has 0 spiro atoms. The van der Waals surface area contributed by atoms with Crippen LogP contribution < -0.4 is 0 Å². The summed E-state index contributed by atoms with van der Waals surface area (Å²) in [5.74, 6) is -1.45. The number of carboxylic acids is 1. The van der Waals surface area contributed by atoms with Crippen molar-refractivity contribution in [3.8, 4) is 11.4 Å². The zero-order chi connectivity index (χ0) is 17.8. The maximum absolute atomic E-state index is 10.9. The van der Waals surface area contributed by atoms with Crippen LogP contribution in [0.1, 0.15) is 63.5 Å². The van der Waals surface area contributed by atoms with Crippen molar-refractivity contribution >= 4 is 5.97 Å². The minimum atomic E-state index is -1.18. The van der Waals surface area contributed by atoms with Crippen LogP contribution in [0, 0.1) is 0 Å². The van der Waals surface area contributed by atoms with Gasteiger partial charge in [-0.2, -0.15) is 0 Å². The highest BCUT2D eigenvalue weighted by molar-refractivity contribution is 5.91. The molecule has 0 unspecified atom stereocenters. The lowest BCUT2D eigenvalue weighted by Gasteiger charge is -2.03. The number of benzene rings is 1. The summed E-state index contributed by atoms with van der Waals surface area (Å²) >= 11 is 0. The first kappa shape index (κ1) is 20.6. The van der Waals surface area contributed by atoms with Gasteiger partial charge in [-0.25, -0.2) is 9.48 Å². The van der Waals surface area contributed by atoms with Gasteiger partial charge in [-0.05, 0) is 24.6 Å². The predicted molar refractivity (Wildman–Crippen MR) is 91.3 cm³/mol. The van der Waals surface area contributed by atoms with E-state index in [0.717, 1.165) is 12.1 Å². The van der Waals surface area contributed by atoms with Gasteiger partial charge < -0.3 is 10.2 Å². The van der Waals surface area contributed by atoms with Crippen molar-refractivity contribution in [1.82, 2.24) is 15.0 Å². The normalized spacial score (nSPS) is 9.26. The standard InChI is InChI=1S/C11H11N3O3.2C3H8/c1-2-7-6-14(13-12-7)8-3-4-10(15)9(5-8)11(16)17;2*1-3-2/h3-6,15H,2H2,1H3,(H,16,17);2*3H2,1-2H3. The Labute approximate surface area is 137 Å². The number of carboxylic acid groups (broad SMARTS) is 1. The third-order valence-corrected chi connectivity index (χ3v) is 2.38. The van der Waals surface area contributed by atoms with E-state index in [4.69, 9.17) is 5.11 Å². The van der Waals surface area contributed by atoms with E-state index in [9.17, 15) is 9.90 Å². The molecule has 0 atom stereocenters. The monoisotopic (exact) mass is 321 g/mol. The van der Waals surface area contributed by atoms with Crippen LogP contribution in [0.25, 0.3) is 5.69 Å². The summed E-state index contributed by atoms with van der Waals surface area (Å²) in [5, 5.41) is 26.1. The number of rotatable bonds is 3. The first-order valence-electron chi connectivity index (χ1n) is 7.92. The summed E-state index contributed by atoms with van der Waals surface area (Å²) in [6.45, 7) is 10.5. The van der Waals surface area contributed by atoms with Crippen molar-refractivity contribution in [2.24, 2.45) is 0 Å². The Bertz CT molecular complexity index is 593. The topological polar surface area (TPSA) is 88.2 Å². The minimum absolute atomic E-state index is 0.156. The summed E-state index contributed by atoms with van der Waals surface area (Å²) < 4.78 is 1.48. The molecule has 128 valence electrons. The highest BCUT2D eigenvalue weighted by atomic mass is 16.4. The molecule has 2 aromatic rings. The SMILES string of the molecule is CCC.CCC.CCc1cn(-c2ccc(O)c(C(=O)O)c2)nn1. The molecule has 1 heterocycles. The zero-order valence-corrected chi connectivity index (χ0v) is 14.6. The number of nitrogens with zero attached hydrogens (tertiary/aromatic N) is 3. The average Bonchev–Trinajstić information content (AvgIpc) is 2.98. The fourth-order valence-electron chi connectivity index (χ4n) is 1.42. The number of aryl methyl sites for hydroxylation is 1. The van der Waals surface area contributed by atoms with E-state index >= 15 is 0 Å². The quantitative estimate of drug-likeness (QED) is 0.889. The molecule has 0 aliphatic rings. The molecule has 0 amide bonds. The fourth-order valence-corrected chi connectivity index (χ4v) is 1.42. The summed E-state index contributed by atoms with van der Waals surface area (Å²) in [5.41, 5.74) is 1.21. The Hall–Kier alpha value is -2.37. The third-order valence-electron chi connectivity index (χ3n) is 2.38. The van der Waals surface area contributed by atoms with E-state index in [-0.39, 0.29) is 11.3 Å². The van der Waals surface area contributed by atoms with E-state index in [2.05, 4.69) is 38.0 Å². The number of hydrogen-bond acceptors (Lipinski definition) is 4. The summed E-state index contributed by atoms with van der Waals surface area (Å²) in [4.78, 5) is 10.9. The summed E-state index contributed by atoms with van der Waals surface area (Å²) in [7, 11) is 0. The predicted octanol–water partition coefficient (Wildman–Crippen LogP) is 4.07. The first-order valence-corrected chi connectivity index (χ1v) is 7.92. The van der Waals surface area contributed by atoms with Gasteiger partial charge in [-0.3, -0.25) is 0 Å². The molecule has 2 N–H and O–H groups in total. The largest absolute Gasteiger partial charge is 0.507 e. The molecule has 0 aliphatic carbocycles. The van der Waals surface area contributed by atoms with Gasteiger partial charge in [-0.15, -0.1) is 5.10 Å². The number of aromatic nitrogens is 3. The van der Waals surface area contributed by atoms with Crippen LogP contribution in [0.2, 0.25) is 0 Å². The Morgan fingerprint density at radius 2 is 1.70 bits per heavy atom. The maximum Gasteiger partial charge on any atom is 0.339 e. The van der Waals surface area contributed by atoms with Crippen molar-refractivity contribution in [2.45, 2.75) is 53.9 Å². The zero-order valence-electron chi connectivity index (χ0n) is 14.6. The summed E-state index contributed by atoms with van der Waals surface area (Å²) in [6, 6.07) is 4.26. The highest BCUT2D eigenvalue weighted by Gasteiger charge is 2.11. The molecule has 1 aromatic heterocycles. The van der Waals surface area contributed by atoms with Crippen molar-refractivity contribution < 1.29 is 15.0 Å². The number of carbonyl (C=O) groups is 1. The van der Waals surface area contributed by atoms with Crippen LogP contribution in [-0.4, -0.2) is 31.2 Å². The molecule has 2 rings (SSSR count). The van der Waals surface area contributed by atoms with Gasteiger partial charge in [0.2, 0.25) is 0 Å². The molecule has 0 radical (unpaired) electrons. The van der Waals surface area contributed by atoms with Crippen LogP contribution in [0.5, 0.6) is 5.75 Å². The van der Waals surface area contributed by atoms with Crippen LogP contribution in [-0.2, 0) is 6.42 Å². The van der Waals surface area contributed by atoms with Gasteiger partial charge >= 0.3 is 5.97 Å². The van der Waals surface area contributed by atoms with Crippen LogP contribution in [0.15, 0.2) is 24.4 Å². The van der Waals surface area contributed by atoms with Gasteiger partial charge in [0.1, 0.15) is 11.3 Å². The van der Waals surface area contributed by atoms with Crippen molar-refractivity contribution in [3.63, 3.8) is 0 Å². The summed E-state index contributed by atoms with van der Waals surface area (Å²) in [6.07, 6.45) is 4.97. The van der Waals surface area contributed by atoms with Crippen molar-refractivity contribution in [1.29, 1.82) is 0 Å². The van der Waals surface area contributed by atoms with E-state index in [1.54, 1.807) is 12.3 Å². The van der Waals surface area contributed by atoms with E-state index in [1.165, 1.54) is 29.7 Å². The number of aromatic hydroxyl groups is 1. The van der Waals surface area contributed by atoms with Crippen molar-refractivity contribution in [2.75, 3.05) is 0 Å². The highest BCUT2D eigenvalue weighted by Crippen LogP contribution is 2.20. The Balaban J connectivity index is 0.000000704. The number of hydrogen-bond donors (Lipinski definition) is 2. The van der Waals surface area contributed by atoms with Gasteiger partial charge in [0, 0.05) is 0 Å². The Morgan fingerprint density at radius 1 is 1.13 bits per heavy atom. The second-order valence-electron chi connectivity index (χ2n) is 4.93. The molecule has 1 aromatic carbocycles. The van der Waals surface area contributed by atoms with Gasteiger partial charge in [0.15, 0.2) is 0 Å². The van der Waals surface area contributed by atoms with Crippen LogP contribution in [0.3, 0.4) is 0 Å². The molecule has 0 saturated carbocycles. The molecule has 0 aliphatic heterocycles. The van der Waals surface area contributed by atoms with Gasteiger partial charge in [-0.1, -0.05) is 52.7 Å². The lowest BCUT2D eigenvalue weighted by Crippen LogP contribution is -2.01.